The zero-order valence-corrected chi connectivity index (χ0v) is 14.2. The van der Waals surface area contributed by atoms with Crippen LogP contribution in [0.15, 0.2) is 12.4 Å². The highest BCUT2D eigenvalue weighted by molar-refractivity contribution is 5.76. The van der Waals surface area contributed by atoms with Gasteiger partial charge in [0.25, 0.3) is 0 Å². The van der Waals surface area contributed by atoms with Gasteiger partial charge in [-0.2, -0.15) is 5.10 Å². The maximum atomic E-state index is 11.6. The highest BCUT2D eigenvalue weighted by Crippen LogP contribution is 2.36. The summed E-state index contributed by atoms with van der Waals surface area (Å²) in [6.07, 6.45) is 5.81. The largest absolute Gasteiger partial charge is 0.372 e. The summed E-state index contributed by atoms with van der Waals surface area (Å²) in [4.78, 5) is 15.6. The van der Waals surface area contributed by atoms with Gasteiger partial charge in [-0.3, -0.25) is 14.4 Å². The molecule has 2 saturated heterocycles. The molecule has 7 nitrogen and oxygen atoms in total. The van der Waals surface area contributed by atoms with Crippen LogP contribution in [0.4, 0.5) is 0 Å². The van der Waals surface area contributed by atoms with E-state index in [-0.39, 0.29) is 24.2 Å². The topological polar surface area (TPSA) is 59.8 Å². The first-order valence-corrected chi connectivity index (χ1v) is 8.11. The Kier molecular flexibility index (Phi) is 4.70. The van der Waals surface area contributed by atoms with E-state index in [1.807, 2.05) is 24.1 Å². The number of likely N-dealkylation sites (tertiary alicyclic amines) is 1. The monoisotopic (exact) mass is 322 g/mol. The molecule has 1 amide bonds. The SMILES string of the molecule is CN(C)C(=O)COC1CCOC2(C1)CN(Cc1cnn(C)c1)C2. The molecule has 0 N–H and O–H groups in total. The van der Waals surface area contributed by atoms with Crippen molar-refractivity contribution in [3.63, 3.8) is 0 Å². The van der Waals surface area contributed by atoms with Gasteiger partial charge in [0.15, 0.2) is 0 Å². The van der Waals surface area contributed by atoms with Gasteiger partial charge in [-0.15, -0.1) is 0 Å². The van der Waals surface area contributed by atoms with Gasteiger partial charge in [0.05, 0.1) is 17.9 Å². The molecule has 1 aromatic rings. The predicted octanol–water partition coefficient (Wildman–Crippen LogP) is 0.258. The third-order valence-electron chi connectivity index (χ3n) is 4.58. The lowest BCUT2D eigenvalue weighted by Gasteiger charge is -2.53. The fourth-order valence-corrected chi connectivity index (χ4v) is 3.36. The normalized spacial score (nSPS) is 23.7. The van der Waals surface area contributed by atoms with Crippen molar-refractivity contribution in [3.05, 3.63) is 18.0 Å². The van der Waals surface area contributed by atoms with Gasteiger partial charge in [-0.25, -0.2) is 0 Å². The van der Waals surface area contributed by atoms with E-state index in [1.165, 1.54) is 5.56 Å². The second kappa shape index (κ2) is 6.59. The molecule has 2 aliphatic rings. The highest BCUT2D eigenvalue weighted by atomic mass is 16.5. The van der Waals surface area contributed by atoms with Crippen LogP contribution < -0.4 is 0 Å². The van der Waals surface area contributed by atoms with E-state index in [0.717, 1.165) is 32.5 Å². The molecule has 1 unspecified atom stereocenters. The van der Waals surface area contributed by atoms with Gasteiger partial charge in [-0.05, 0) is 6.42 Å². The summed E-state index contributed by atoms with van der Waals surface area (Å²) in [7, 11) is 5.43. The summed E-state index contributed by atoms with van der Waals surface area (Å²) in [6.45, 7) is 3.62. The Balaban J connectivity index is 1.45. The van der Waals surface area contributed by atoms with Crippen molar-refractivity contribution >= 4 is 5.91 Å². The fraction of sp³-hybridized carbons (Fsp3) is 0.750. The Bertz CT molecular complexity index is 551. The zero-order chi connectivity index (χ0) is 16.4. The molecule has 3 rings (SSSR count). The molecule has 128 valence electrons. The molecule has 1 spiro atoms. The van der Waals surface area contributed by atoms with Crippen molar-refractivity contribution in [2.75, 3.05) is 40.4 Å². The Morgan fingerprint density at radius 2 is 2.30 bits per heavy atom. The average molecular weight is 322 g/mol. The minimum atomic E-state index is -0.0910. The second-order valence-corrected chi connectivity index (χ2v) is 6.91. The van der Waals surface area contributed by atoms with Gasteiger partial charge in [0.1, 0.15) is 6.61 Å². The van der Waals surface area contributed by atoms with Crippen molar-refractivity contribution in [3.8, 4) is 0 Å². The summed E-state index contributed by atoms with van der Waals surface area (Å²) in [5.74, 6) is 0.0114. The van der Waals surface area contributed by atoms with E-state index < -0.39 is 0 Å². The molecular weight excluding hydrogens is 296 g/mol. The van der Waals surface area contributed by atoms with Crippen LogP contribution >= 0.6 is 0 Å². The average Bonchev–Trinajstić information content (AvgIpc) is 2.88. The smallest absolute Gasteiger partial charge is 0.248 e. The number of carbonyl (C=O) groups is 1. The van der Waals surface area contributed by atoms with Gasteiger partial charge in [0.2, 0.25) is 5.91 Å². The van der Waals surface area contributed by atoms with Crippen molar-refractivity contribution in [1.82, 2.24) is 19.6 Å². The first-order valence-electron chi connectivity index (χ1n) is 8.11. The molecule has 0 radical (unpaired) electrons. The number of likely N-dealkylation sites (N-methyl/N-ethyl adjacent to an activating group) is 1. The second-order valence-electron chi connectivity index (χ2n) is 6.91. The Hall–Kier alpha value is -1.44. The van der Waals surface area contributed by atoms with E-state index in [1.54, 1.807) is 19.0 Å². The van der Waals surface area contributed by atoms with Gasteiger partial charge in [-0.1, -0.05) is 0 Å². The molecule has 23 heavy (non-hydrogen) atoms. The minimum Gasteiger partial charge on any atom is -0.372 e. The molecule has 0 bridgehead atoms. The number of amides is 1. The maximum absolute atomic E-state index is 11.6. The molecular formula is C16H26N4O3. The van der Waals surface area contributed by atoms with Crippen LogP contribution in [0.3, 0.4) is 0 Å². The van der Waals surface area contributed by atoms with E-state index >= 15 is 0 Å². The fourth-order valence-electron chi connectivity index (χ4n) is 3.36. The van der Waals surface area contributed by atoms with Crippen LogP contribution in [0.1, 0.15) is 18.4 Å². The molecule has 2 fully saturated rings. The Morgan fingerprint density at radius 3 is 2.96 bits per heavy atom. The molecule has 0 saturated carbocycles. The van der Waals surface area contributed by atoms with Crippen LogP contribution in [0.25, 0.3) is 0 Å². The highest BCUT2D eigenvalue weighted by Gasteiger charge is 2.47. The number of rotatable bonds is 5. The van der Waals surface area contributed by atoms with Gasteiger partial charge >= 0.3 is 0 Å². The van der Waals surface area contributed by atoms with Crippen molar-refractivity contribution in [1.29, 1.82) is 0 Å². The van der Waals surface area contributed by atoms with E-state index in [4.69, 9.17) is 9.47 Å². The van der Waals surface area contributed by atoms with Crippen LogP contribution in [0.5, 0.6) is 0 Å². The summed E-state index contributed by atoms with van der Waals surface area (Å²) in [6, 6.07) is 0. The number of ether oxygens (including phenoxy) is 2. The molecule has 1 aromatic heterocycles. The maximum Gasteiger partial charge on any atom is 0.248 e. The van der Waals surface area contributed by atoms with Crippen LogP contribution in [-0.4, -0.2) is 77.6 Å². The van der Waals surface area contributed by atoms with Crippen LogP contribution in [0, 0.1) is 0 Å². The van der Waals surface area contributed by atoms with Crippen molar-refractivity contribution in [2.24, 2.45) is 7.05 Å². The van der Waals surface area contributed by atoms with Gasteiger partial charge in [0, 0.05) is 65.6 Å². The molecule has 3 heterocycles. The van der Waals surface area contributed by atoms with Crippen molar-refractivity contribution in [2.45, 2.75) is 31.1 Å². The van der Waals surface area contributed by atoms with Crippen LogP contribution in [-0.2, 0) is 27.9 Å². The van der Waals surface area contributed by atoms with E-state index in [2.05, 4.69) is 10.00 Å². The van der Waals surface area contributed by atoms with Crippen molar-refractivity contribution < 1.29 is 14.3 Å². The lowest BCUT2D eigenvalue weighted by Crippen LogP contribution is -2.65. The summed E-state index contributed by atoms with van der Waals surface area (Å²) >= 11 is 0. The summed E-state index contributed by atoms with van der Waals surface area (Å²) in [5, 5.41) is 4.20. The van der Waals surface area contributed by atoms with E-state index in [9.17, 15) is 4.79 Å². The summed E-state index contributed by atoms with van der Waals surface area (Å²) in [5.41, 5.74) is 1.13. The molecule has 2 aliphatic heterocycles. The lowest BCUT2D eigenvalue weighted by molar-refractivity contribution is -0.200. The zero-order valence-electron chi connectivity index (χ0n) is 14.2. The minimum absolute atomic E-state index is 0.0114. The number of carbonyl (C=O) groups excluding carboxylic acids is 1. The summed E-state index contributed by atoms with van der Waals surface area (Å²) < 4.78 is 13.6. The Morgan fingerprint density at radius 1 is 1.52 bits per heavy atom. The lowest BCUT2D eigenvalue weighted by atomic mass is 9.84. The number of hydrogen-bond donors (Lipinski definition) is 0. The standard InChI is InChI=1S/C16H26N4O3/c1-18(2)15(21)10-22-14-4-5-23-16(6-14)11-20(12-16)9-13-7-17-19(3)8-13/h7-8,14H,4-6,9-12H2,1-3H3. The Labute approximate surface area is 137 Å². The first-order chi connectivity index (χ1) is 11.0. The molecule has 1 atom stereocenters. The molecule has 0 aliphatic carbocycles. The van der Waals surface area contributed by atoms with E-state index in [0.29, 0.717) is 6.61 Å². The number of nitrogens with zero attached hydrogens (tertiary/aromatic N) is 4. The molecule has 7 heteroatoms. The third-order valence-corrected chi connectivity index (χ3v) is 4.58. The predicted molar refractivity (Wildman–Crippen MR) is 84.8 cm³/mol. The number of aryl methyl sites for hydroxylation is 1. The third kappa shape index (κ3) is 3.91. The van der Waals surface area contributed by atoms with Gasteiger partial charge < -0.3 is 14.4 Å². The number of aromatic nitrogens is 2. The first kappa shape index (κ1) is 16.4. The molecule has 0 aromatic carbocycles. The quantitative estimate of drug-likeness (QED) is 0.778. The van der Waals surface area contributed by atoms with Crippen LogP contribution in [0.2, 0.25) is 0 Å². The number of hydrogen-bond acceptors (Lipinski definition) is 5.